The SMILES string of the molecule is Cc1cnc(Cl)nc1Oc1ccc(-c2ccccc2)cc1. The Hall–Kier alpha value is -2.39. The molecular formula is C17H13ClN2O. The zero-order chi connectivity index (χ0) is 14.7. The minimum atomic E-state index is 0.177. The molecule has 3 nitrogen and oxygen atoms in total. The van der Waals surface area contributed by atoms with E-state index in [4.69, 9.17) is 16.3 Å². The zero-order valence-corrected chi connectivity index (χ0v) is 12.2. The van der Waals surface area contributed by atoms with Gasteiger partial charge >= 0.3 is 0 Å². The Bertz CT molecular complexity index is 742. The van der Waals surface area contributed by atoms with Crippen LogP contribution in [0.3, 0.4) is 0 Å². The van der Waals surface area contributed by atoms with E-state index in [1.807, 2.05) is 49.4 Å². The van der Waals surface area contributed by atoms with Gasteiger partial charge in [0.25, 0.3) is 0 Å². The van der Waals surface area contributed by atoms with Crippen LogP contribution in [0.15, 0.2) is 60.8 Å². The first-order valence-corrected chi connectivity index (χ1v) is 6.92. The Labute approximate surface area is 128 Å². The molecule has 0 radical (unpaired) electrons. The average molecular weight is 297 g/mol. The minimum absolute atomic E-state index is 0.177. The van der Waals surface area contributed by atoms with E-state index in [9.17, 15) is 0 Å². The maximum absolute atomic E-state index is 5.79. The van der Waals surface area contributed by atoms with Crippen LogP contribution in [0.1, 0.15) is 5.56 Å². The fourth-order valence-electron chi connectivity index (χ4n) is 1.97. The molecule has 0 saturated carbocycles. The number of nitrogens with zero attached hydrogens (tertiary/aromatic N) is 2. The van der Waals surface area contributed by atoms with E-state index < -0.39 is 0 Å². The molecule has 0 fully saturated rings. The molecule has 1 heterocycles. The third kappa shape index (κ3) is 3.20. The van der Waals surface area contributed by atoms with Crippen molar-refractivity contribution in [3.05, 3.63) is 71.6 Å². The quantitative estimate of drug-likeness (QED) is 0.645. The van der Waals surface area contributed by atoms with Crippen molar-refractivity contribution in [2.45, 2.75) is 6.92 Å². The van der Waals surface area contributed by atoms with E-state index in [1.54, 1.807) is 6.20 Å². The summed E-state index contributed by atoms with van der Waals surface area (Å²) < 4.78 is 5.75. The van der Waals surface area contributed by atoms with E-state index in [0.717, 1.165) is 11.1 Å². The molecule has 21 heavy (non-hydrogen) atoms. The van der Waals surface area contributed by atoms with Gasteiger partial charge in [-0.05, 0) is 41.8 Å². The topological polar surface area (TPSA) is 35.0 Å². The Morgan fingerprint density at radius 1 is 0.905 bits per heavy atom. The molecule has 0 bridgehead atoms. The number of hydrogen-bond acceptors (Lipinski definition) is 3. The fraction of sp³-hybridized carbons (Fsp3) is 0.0588. The summed E-state index contributed by atoms with van der Waals surface area (Å²) in [5, 5.41) is 0.177. The van der Waals surface area contributed by atoms with Gasteiger partial charge in [-0.3, -0.25) is 0 Å². The summed E-state index contributed by atoms with van der Waals surface area (Å²) in [4.78, 5) is 7.99. The van der Waals surface area contributed by atoms with Gasteiger partial charge in [-0.2, -0.15) is 4.98 Å². The Morgan fingerprint density at radius 3 is 2.29 bits per heavy atom. The first-order valence-electron chi connectivity index (χ1n) is 6.55. The van der Waals surface area contributed by atoms with Crippen molar-refractivity contribution in [3.63, 3.8) is 0 Å². The van der Waals surface area contributed by atoms with Crippen molar-refractivity contribution in [1.29, 1.82) is 0 Å². The first-order chi connectivity index (χ1) is 10.2. The van der Waals surface area contributed by atoms with Crippen LogP contribution in [0.5, 0.6) is 11.6 Å². The van der Waals surface area contributed by atoms with E-state index in [1.165, 1.54) is 5.56 Å². The number of halogens is 1. The van der Waals surface area contributed by atoms with Crippen LogP contribution in [-0.2, 0) is 0 Å². The van der Waals surface area contributed by atoms with Gasteiger partial charge in [0.2, 0.25) is 11.2 Å². The number of hydrogen-bond donors (Lipinski definition) is 0. The Morgan fingerprint density at radius 2 is 1.57 bits per heavy atom. The van der Waals surface area contributed by atoms with Crippen molar-refractivity contribution in [1.82, 2.24) is 9.97 Å². The van der Waals surface area contributed by atoms with Crippen molar-refractivity contribution in [2.24, 2.45) is 0 Å². The highest BCUT2D eigenvalue weighted by molar-refractivity contribution is 6.28. The molecule has 0 aliphatic carbocycles. The van der Waals surface area contributed by atoms with Crippen LogP contribution in [0.2, 0.25) is 5.28 Å². The van der Waals surface area contributed by atoms with Gasteiger partial charge in [0.05, 0.1) is 0 Å². The van der Waals surface area contributed by atoms with Gasteiger partial charge in [0.1, 0.15) is 5.75 Å². The molecule has 104 valence electrons. The molecule has 1 aromatic heterocycles. The first kappa shape index (κ1) is 13.6. The van der Waals surface area contributed by atoms with E-state index >= 15 is 0 Å². The van der Waals surface area contributed by atoms with Crippen molar-refractivity contribution >= 4 is 11.6 Å². The molecule has 4 heteroatoms. The van der Waals surface area contributed by atoms with Gasteiger partial charge in [0.15, 0.2) is 0 Å². The van der Waals surface area contributed by atoms with Gasteiger partial charge in [0, 0.05) is 11.8 Å². The molecular weight excluding hydrogens is 284 g/mol. The highest BCUT2D eigenvalue weighted by Gasteiger charge is 2.05. The smallest absolute Gasteiger partial charge is 0.226 e. The van der Waals surface area contributed by atoms with Crippen LogP contribution in [0, 0.1) is 6.92 Å². The van der Waals surface area contributed by atoms with Crippen LogP contribution < -0.4 is 4.74 Å². The average Bonchev–Trinajstić information content (AvgIpc) is 2.53. The van der Waals surface area contributed by atoms with Crippen molar-refractivity contribution in [3.8, 4) is 22.8 Å². The molecule has 3 rings (SSSR count). The summed E-state index contributed by atoms with van der Waals surface area (Å²) in [6.45, 7) is 1.88. The molecule has 0 aliphatic rings. The van der Waals surface area contributed by atoms with Gasteiger partial charge in [-0.1, -0.05) is 42.5 Å². The molecule has 0 N–H and O–H groups in total. The zero-order valence-electron chi connectivity index (χ0n) is 11.5. The normalized spacial score (nSPS) is 10.4. The molecule has 2 aromatic carbocycles. The number of benzene rings is 2. The summed E-state index contributed by atoms with van der Waals surface area (Å²) in [6.07, 6.45) is 1.64. The molecule has 0 saturated heterocycles. The van der Waals surface area contributed by atoms with E-state index in [2.05, 4.69) is 22.1 Å². The lowest BCUT2D eigenvalue weighted by Crippen LogP contribution is -1.93. The predicted molar refractivity (Wildman–Crippen MR) is 83.7 cm³/mol. The number of ether oxygens (including phenoxy) is 1. The van der Waals surface area contributed by atoms with Crippen LogP contribution in [0.25, 0.3) is 11.1 Å². The number of aromatic nitrogens is 2. The summed E-state index contributed by atoms with van der Waals surface area (Å²) in [7, 11) is 0. The molecule has 0 spiro atoms. The third-order valence-electron chi connectivity index (χ3n) is 3.07. The predicted octanol–water partition coefficient (Wildman–Crippen LogP) is 4.90. The maximum Gasteiger partial charge on any atom is 0.226 e. The molecule has 0 unspecified atom stereocenters. The van der Waals surface area contributed by atoms with Crippen molar-refractivity contribution < 1.29 is 4.74 Å². The van der Waals surface area contributed by atoms with E-state index in [-0.39, 0.29) is 5.28 Å². The summed E-state index contributed by atoms with van der Waals surface area (Å²) in [5.41, 5.74) is 3.15. The number of rotatable bonds is 3. The lowest BCUT2D eigenvalue weighted by molar-refractivity contribution is 0.457. The molecule has 0 atom stereocenters. The standard InChI is InChI=1S/C17H13ClN2O/c1-12-11-19-17(18)20-16(12)21-15-9-7-14(8-10-15)13-5-3-2-4-6-13/h2-11H,1H3. The monoisotopic (exact) mass is 296 g/mol. The number of aryl methyl sites for hydroxylation is 1. The van der Waals surface area contributed by atoms with Gasteiger partial charge in [-0.25, -0.2) is 4.98 Å². The fourth-order valence-corrected chi connectivity index (χ4v) is 2.09. The second kappa shape index (κ2) is 5.94. The Kier molecular flexibility index (Phi) is 3.84. The summed E-state index contributed by atoms with van der Waals surface area (Å²) in [6, 6.07) is 18.1. The molecule has 0 aliphatic heterocycles. The maximum atomic E-state index is 5.79. The molecule has 3 aromatic rings. The summed E-state index contributed by atoms with van der Waals surface area (Å²) in [5.74, 6) is 1.19. The highest BCUT2D eigenvalue weighted by Crippen LogP contribution is 2.26. The largest absolute Gasteiger partial charge is 0.439 e. The third-order valence-corrected chi connectivity index (χ3v) is 3.25. The minimum Gasteiger partial charge on any atom is -0.439 e. The van der Waals surface area contributed by atoms with Crippen LogP contribution in [-0.4, -0.2) is 9.97 Å². The van der Waals surface area contributed by atoms with Crippen LogP contribution in [0.4, 0.5) is 0 Å². The second-order valence-electron chi connectivity index (χ2n) is 4.62. The second-order valence-corrected chi connectivity index (χ2v) is 4.96. The van der Waals surface area contributed by atoms with E-state index in [0.29, 0.717) is 11.6 Å². The molecule has 0 amide bonds. The lowest BCUT2D eigenvalue weighted by atomic mass is 10.1. The lowest BCUT2D eigenvalue weighted by Gasteiger charge is -2.08. The summed E-state index contributed by atoms with van der Waals surface area (Å²) >= 11 is 5.79. The van der Waals surface area contributed by atoms with Gasteiger partial charge < -0.3 is 4.74 Å². The Balaban J connectivity index is 1.83. The van der Waals surface area contributed by atoms with Crippen molar-refractivity contribution in [2.75, 3.05) is 0 Å². The van der Waals surface area contributed by atoms with Crippen LogP contribution >= 0.6 is 11.6 Å². The highest BCUT2D eigenvalue weighted by atomic mass is 35.5. The van der Waals surface area contributed by atoms with Gasteiger partial charge in [-0.15, -0.1) is 0 Å².